The molecule has 32 heavy (non-hydrogen) atoms. The van der Waals surface area contributed by atoms with E-state index >= 15 is 0 Å². The zero-order chi connectivity index (χ0) is 22.7. The summed E-state index contributed by atoms with van der Waals surface area (Å²) in [5, 5.41) is 13.1. The zero-order valence-electron chi connectivity index (χ0n) is 17.8. The van der Waals surface area contributed by atoms with Crippen LogP contribution in [-0.4, -0.2) is 69.3 Å². The molecule has 0 spiro atoms. The molecule has 1 saturated heterocycles. The molecular weight excluding hydrogens is 437 g/mol. The maximum atomic E-state index is 13.5. The lowest BCUT2D eigenvalue weighted by atomic mass is 10.1. The second kappa shape index (κ2) is 9.78. The number of aliphatic imine (C=N–C) groups is 1. The molecule has 0 bridgehead atoms. The summed E-state index contributed by atoms with van der Waals surface area (Å²) in [5.74, 6) is 0.147. The lowest BCUT2D eigenvalue weighted by Crippen LogP contribution is -2.46. The largest absolute Gasteiger partial charge is 0.378 e. The Labute approximate surface area is 189 Å². The summed E-state index contributed by atoms with van der Waals surface area (Å²) < 4.78 is 19.2. The van der Waals surface area contributed by atoms with E-state index in [4.69, 9.17) is 16.3 Å². The number of imidazole rings is 1. The number of likely N-dealkylation sites (N-methyl/N-ethyl adjacent to an activating group) is 1. The van der Waals surface area contributed by atoms with Crippen molar-refractivity contribution in [1.82, 2.24) is 25.3 Å². The molecule has 1 aliphatic rings. The summed E-state index contributed by atoms with van der Waals surface area (Å²) in [5.41, 5.74) is 4.07. The first-order chi connectivity index (χ1) is 15.5. The molecule has 2 atom stereocenters. The smallest absolute Gasteiger partial charge is 0.203 e. The number of hydrogen-bond acceptors (Lipinski definition) is 7. The summed E-state index contributed by atoms with van der Waals surface area (Å²) in [6.45, 7) is 7.37. The van der Waals surface area contributed by atoms with E-state index < -0.39 is 5.82 Å². The Morgan fingerprint density at radius 2 is 2.16 bits per heavy atom. The predicted octanol–water partition coefficient (Wildman–Crippen LogP) is 3.33. The van der Waals surface area contributed by atoms with E-state index in [1.165, 1.54) is 18.2 Å². The van der Waals surface area contributed by atoms with Gasteiger partial charge in [0.15, 0.2) is 11.5 Å². The van der Waals surface area contributed by atoms with Gasteiger partial charge in [0.25, 0.3) is 0 Å². The maximum absolute atomic E-state index is 13.5. The summed E-state index contributed by atoms with van der Waals surface area (Å²) in [6.07, 6.45) is 1.57. The van der Waals surface area contributed by atoms with Crippen molar-refractivity contribution < 1.29 is 14.3 Å². The van der Waals surface area contributed by atoms with Crippen molar-refractivity contribution in [1.29, 1.82) is 0 Å². The molecule has 1 aliphatic heterocycles. The third kappa shape index (κ3) is 4.53. The van der Waals surface area contributed by atoms with Crippen LogP contribution in [0.1, 0.15) is 19.4 Å². The molecule has 1 aromatic carbocycles. The minimum absolute atomic E-state index is 0.0574. The topological polar surface area (TPSA) is 111 Å². The lowest BCUT2D eigenvalue weighted by Gasteiger charge is -2.29. The number of nitrogens with zero attached hydrogens (tertiary/aromatic N) is 4. The summed E-state index contributed by atoms with van der Waals surface area (Å²) in [6, 6.07) is 6.06. The number of pyridine rings is 1. The molecule has 9 nitrogen and oxygen atoms in total. The molecule has 0 saturated carbocycles. The van der Waals surface area contributed by atoms with Crippen LogP contribution in [0.3, 0.4) is 0 Å². The average molecular weight is 462 g/mol. The quantitative estimate of drug-likeness (QED) is 0.242. The van der Waals surface area contributed by atoms with Crippen molar-refractivity contribution in [3.63, 3.8) is 0 Å². The fourth-order valence-electron chi connectivity index (χ4n) is 3.91. The molecule has 2 aromatic heterocycles. The number of fused-ring (bicyclic) bond motifs is 1. The molecule has 1 fully saturated rings. The number of hydrogen-bond donors (Lipinski definition) is 4. The Balaban J connectivity index is 1.64. The van der Waals surface area contributed by atoms with Gasteiger partial charge in [-0.1, -0.05) is 25.4 Å². The molecule has 3 heterocycles. The Hall–Kier alpha value is -2.79. The van der Waals surface area contributed by atoms with Gasteiger partial charge in [0.1, 0.15) is 5.82 Å². The Kier molecular flexibility index (Phi) is 6.85. The number of hydroxylamine groups is 1. The molecule has 0 aliphatic carbocycles. The minimum atomic E-state index is -0.543. The second-order valence-corrected chi connectivity index (χ2v) is 7.80. The fourth-order valence-corrected chi connectivity index (χ4v) is 4.09. The van der Waals surface area contributed by atoms with E-state index in [-0.39, 0.29) is 22.9 Å². The van der Waals surface area contributed by atoms with E-state index in [0.29, 0.717) is 41.6 Å². The van der Waals surface area contributed by atoms with Crippen molar-refractivity contribution in [2.45, 2.75) is 25.9 Å². The van der Waals surface area contributed by atoms with Gasteiger partial charge in [-0.2, -0.15) is 4.98 Å². The van der Waals surface area contributed by atoms with E-state index in [1.807, 2.05) is 0 Å². The Bertz CT molecular complexity index is 1120. The molecule has 0 amide bonds. The fraction of sp³-hybridized carbons (Fsp3) is 0.381. The average Bonchev–Trinajstić information content (AvgIpc) is 3.42. The van der Waals surface area contributed by atoms with Gasteiger partial charge in [-0.3, -0.25) is 15.6 Å². The second-order valence-electron chi connectivity index (χ2n) is 7.39. The van der Waals surface area contributed by atoms with E-state index in [2.05, 4.69) is 49.5 Å². The van der Waals surface area contributed by atoms with Crippen molar-refractivity contribution in [3.05, 3.63) is 46.9 Å². The highest BCUT2D eigenvalue weighted by molar-refractivity contribution is 6.31. The van der Waals surface area contributed by atoms with Gasteiger partial charge >= 0.3 is 0 Å². The monoisotopic (exact) mass is 461 g/mol. The number of rotatable bonds is 7. The molecule has 4 N–H and O–H groups in total. The van der Waals surface area contributed by atoms with Crippen molar-refractivity contribution in [2.24, 2.45) is 4.99 Å². The molecule has 11 heteroatoms. The van der Waals surface area contributed by atoms with Crippen LogP contribution in [0.4, 0.5) is 16.0 Å². The van der Waals surface area contributed by atoms with Crippen LogP contribution in [0.15, 0.2) is 35.5 Å². The summed E-state index contributed by atoms with van der Waals surface area (Å²) in [4.78, 5) is 18.8. The lowest BCUT2D eigenvalue weighted by molar-refractivity contribution is 0.151. The third-order valence-corrected chi connectivity index (χ3v) is 5.84. The van der Waals surface area contributed by atoms with Crippen LogP contribution >= 0.6 is 11.6 Å². The number of anilines is 1. The highest BCUT2D eigenvalue weighted by Gasteiger charge is 2.32. The maximum Gasteiger partial charge on any atom is 0.203 e. The van der Waals surface area contributed by atoms with Gasteiger partial charge in [0, 0.05) is 11.8 Å². The first-order valence-corrected chi connectivity index (χ1v) is 10.8. The van der Waals surface area contributed by atoms with E-state index in [9.17, 15) is 9.60 Å². The zero-order valence-corrected chi connectivity index (χ0v) is 18.5. The first-order valence-electron chi connectivity index (χ1n) is 10.4. The van der Waals surface area contributed by atoms with Gasteiger partial charge in [-0.05, 0) is 37.4 Å². The third-order valence-electron chi connectivity index (χ3n) is 5.55. The minimum Gasteiger partial charge on any atom is -0.378 e. The normalized spacial score (nSPS) is 19.1. The van der Waals surface area contributed by atoms with Crippen LogP contribution < -0.4 is 10.8 Å². The predicted molar refractivity (Wildman–Crippen MR) is 121 cm³/mol. The van der Waals surface area contributed by atoms with E-state index in [1.54, 1.807) is 12.3 Å². The summed E-state index contributed by atoms with van der Waals surface area (Å²) >= 11 is 5.85. The number of H-pyrrole nitrogens is 1. The summed E-state index contributed by atoms with van der Waals surface area (Å²) in [7, 11) is 0. The van der Waals surface area contributed by atoms with Gasteiger partial charge in [0.2, 0.25) is 5.95 Å². The van der Waals surface area contributed by atoms with Gasteiger partial charge in [-0.15, -0.1) is 0 Å². The molecule has 0 unspecified atom stereocenters. The molecule has 3 aromatic rings. The number of aromatic amines is 1. The number of benzene rings is 1. The van der Waals surface area contributed by atoms with Crippen LogP contribution in [-0.2, 0) is 4.74 Å². The van der Waals surface area contributed by atoms with Gasteiger partial charge in [-0.25, -0.2) is 14.4 Å². The Morgan fingerprint density at radius 1 is 1.34 bits per heavy atom. The van der Waals surface area contributed by atoms with Crippen LogP contribution in [0.25, 0.3) is 11.2 Å². The first kappa shape index (κ1) is 22.4. The number of ether oxygens (including phenoxy) is 1. The Morgan fingerprint density at radius 3 is 2.88 bits per heavy atom. The molecule has 0 radical (unpaired) electrons. The highest BCUT2D eigenvalue weighted by Crippen LogP contribution is 2.24. The van der Waals surface area contributed by atoms with Crippen molar-refractivity contribution in [2.75, 3.05) is 31.6 Å². The highest BCUT2D eigenvalue weighted by atomic mass is 35.5. The van der Waals surface area contributed by atoms with Gasteiger partial charge < -0.3 is 15.0 Å². The van der Waals surface area contributed by atoms with Gasteiger partial charge in [0.05, 0.1) is 41.5 Å². The van der Waals surface area contributed by atoms with E-state index in [0.717, 1.165) is 13.1 Å². The number of aromatic nitrogens is 3. The number of nitrogens with one attached hydrogen (secondary N) is 3. The van der Waals surface area contributed by atoms with Crippen LogP contribution in [0.2, 0.25) is 5.02 Å². The van der Waals surface area contributed by atoms with Crippen molar-refractivity contribution >= 4 is 40.2 Å². The SMILES string of the molecule is CCN(CC)[C@H]1COC[C@@H]1Nc1nc2nccc(C(=Nc3ccc(F)c(Cl)c3)NO)c2[nH]1. The number of halogens is 2. The molecular formula is C21H25ClFN7O2. The van der Waals surface area contributed by atoms with Crippen molar-refractivity contribution in [3.8, 4) is 0 Å². The standard InChI is InChI=1S/C21H25ClFN7O2/c1-3-30(4-2)17-11-32-10-16(17)26-21-27-18-13(7-8-24-20(18)28-21)19(29-31)25-12-5-6-15(23)14(22)9-12/h5-9,16-17,31H,3-4,10-11H2,1-2H3,(H,25,29)(H2,24,26,27,28)/t16-,17-/m0/s1. The molecule has 4 rings (SSSR count). The molecule has 170 valence electrons. The van der Waals surface area contributed by atoms with Crippen LogP contribution in [0.5, 0.6) is 0 Å². The van der Waals surface area contributed by atoms with Crippen LogP contribution in [0, 0.1) is 5.82 Å². The number of amidine groups is 1.